The first-order chi connectivity index (χ1) is 9.84. The van der Waals surface area contributed by atoms with E-state index in [4.69, 9.17) is 0 Å². The second-order valence-corrected chi connectivity index (χ2v) is 5.67. The Balaban J connectivity index is 0.00000161. The van der Waals surface area contributed by atoms with Crippen LogP contribution >= 0.6 is 12.4 Å². The van der Waals surface area contributed by atoms with Crippen molar-refractivity contribution in [2.24, 2.45) is 0 Å². The maximum atomic E-state index is 12.5. The molecule has 0 atom stereocenters. The van der Waals surface area contributed by atoms with Gasteiger partial charge in [0.05, 0.1) is 6.54 Å². The van der Waals surface area contributed by atoms with E-state index in [0.29, 0.717) is 6.54 Å². The zero-order chi connectivity index (χ0) is 13.8. The van der Waals surface area contributed by atoms with Crippen LogP contribution in [0.25, 0.3) is 0 Å². The number of rotatable bonds is 2. The molecule has 21 heavy (non-hydrogen) atoms. The van der Waals surface area contributed by atoms with Gasteiger partial charge in [0.1, 0.15) is 0 Å². The zero-order valence-corrected chi connectivity index (χ0v) is 13.2. The number of nitrogens with zero attached hydrogens (tertiary/aromatic N) is 2. The molecule has 0 aliphatic carbocycles. The van der Waals surface area contributed by atoms with Gasteiger partial charge in [0, 0.05) is 38.4 Å². The molecule has 5 heteroatoms. The largest absolute Gasteiger partial charge is 0.361 e. The van der Waals surface area contributed by atoms with Gasteiger partial charge in [-0.15, -0.1) is 12.4 Å². The summed E-state index contributed by atoms with van der Waals surface area (Å²) in [6, 6.07) is 8.40. The average Bonchev–Trinajstić information content (AvgIpc) is 2.71. The van der Waals surface area contributed by atoms with E-state index in [1.54, 1.807) is 0 Å². The van der Waals surface area contributed by atoms with Gasteiger partial charge in [-0.25, -0.2) is 0 Å². The molecule has 0 unspecified atom stereocenters. The van der Waals surface area contributed by atoms with Crippen molar-refractivity contribution in [3.05, 3.63) is 29.8 Å². The van der Waals surface area contributed by atoms with Crippen LogP contribution in [0.1, 0.15) is 24.8 Å². The number of anilines is 1. The Bertz CT molecular complexity index is 474. The lowest BCUT2D eigenvalue weighted by molar-refractivity contribution is -0.130. The summed E-state index contributed by atoms with van der Waals surface area (Å²) in [5.41, 5.74) is 2.50. The van der Waals surface area contributed by atoms with E-state index in [0.717, 1.165) is 45.6 Å². The van der Waals surface area contributed by atoms with Gasteiger partial charge in [0.15, 0.2) is 0 Å². The number of hydrogen-bond acceptors (Lipinski definition) is 3. The highest BCUT2D eigenvalue weighted by Crippen LogP contribution is 2.22. The van der Waals surface area contributed by atoms with E-state index in [1.165, 1.54) is 17.7 Å². The first-order valence-electron chi connectivity index (χ1n) is 7.66. The summed E-state index contributed by atoms with van der Waals surface area (Å²) in [5.74, 6) is 0.279. The predicted molar refractivity (Wildman–Crippen MR) is 88.0 cm³/mol. The van der Waals surface area contributed by atoms with Crippen molar-refractivity contribution in [2.75, 3.05) is 37.6 Å². The van der Waals surface area contributed by atoms with Crippen molar-refractivity contribution < 1.29 is 4.79 Å². The van der Waals surface area contributed by atoms with Gasteiger partial charge in [-0.3, -0.25) is 4.79 Å². The zero-order valence-electron chi connectivity index (χ0n) is 12.4. The lowest BCUT2D eigenvalue weighted by atomic mass is 10.1. The molecule has 4 nitrogen and oxygen atoms in total. The van der Waals surface area contributed by atoms with Crippen LogP contribution in [0.3, 0.4) is 0 Å². The Kier molecular flexibility index (Phi) is 5.88. The molecule has 3 rings (SSSR count). The van der Waals surface area contributed by atoms with Crippen molar-refractivity contribution in [1.82, 2.24) is 10.2 Å². The molecule has 1 fully saturated rings. The van der Waals surface area contributed by atoms with Crippen LogP contribution in [-0.2, 0) is 11.3 Å². The average molecular weight is 310 g/mol. The molecule has 1 aromatic carbocycles. The summed E-state index contributed by atoms with van der Waals surface area (Å²) in [5, 5.41) is 3.42. The number of carbonyl (C=O) groups is 1. The van der Waals surface area contributed by atoms with Crippen molar-refractivity contribution in [3.8, 4) is 0 Å². The second-order valence-electron chi connectivity index (χ2n) is 5.67. The fourth-order valence-corrected chi connectivity index (χ4v) is 3.10. The van der Waals surface area contributed by atoms with Crippen molar-refractivity contribution in [2.45, 2.75) is 25.8 Å². The minimum Gasteiger partial charge on any atom is -0.361 e. The molecule has 1 saturated heterocycles. The third-order valence-corrected chi connectivity index (χ3v) is 4.24. The molecular formula is C16H24ClN3O. The van der Waals surface area contributed by atoms with Crippen LogP contribution in [0.15, 0.2) is 24.3 Å². The summed E-state index contributed by atoms with van der Waals surface area (Å²) in [7, 11) is 0. The Morgan fingerprint density at radius 1 is 1.10 bits per heavy atom. The van der Waals surface area contributed by atoms with Crippen LogP contribution < -0.4 is 10.2 Å². The molecule has 0 bridgehead atoms. The fourth-order valence-electron chi connectivity index (χ4n) is 3.10. The van der Waals surface area contributed by atoms with Crippen LogP contribution in [0.2, 0.25) is 0 Å². The van der Waals surface area contributed by atoms with Crippen molar-refractivity contribution in [1.29, 1.82) is 0 Å². The third kappa shape index (κ3) is 3.89. The summed E-state index contributed by atoms with van der Waals surface area (Å²) in [4.78, 5) is 16.7. The first-order valence-corrected chi connectivity index (χ1v) is 7.66. The topological polar surface area (TPSA) is 35.6 Å². The highest BCUT2D eigenvalue weighted by molar-refractivity contribution is 5.85. The van der Waals surface area contributed by atoms with E-state index in [2.05, 4.69) is 34.5 Å². The summed E-state index contributed by atoms with van der Waals surface area (Å²) < 4.78 is 0. The second kappa shape index (κ2) is 7.66. The Morgan fingerprint density at radius 3 is 2.67 bits per heavy atom. The van der Waals surface area contributed by atoms with Gasteiger partial charge in [-0.1, -0.05) is 18.2 Å². The maximum absolute atomic E-state index is 12.5. The molecular weight excluding hydrogens is 286 g/mol. The molecule has 2 aliphatic heterocycles. The Morgan fingerprint density at radius 2 is 1.86 bits per heavy atom. The van der Waals surface area contributed by atoms with E-state index in [1.807, 2.05) is 4.90 Å². The molecule has 2 aliphatic rings. The number of benzene rings is 1. The molecule has 1 aromatic rings. The van der Waals surface area contributed by atoms with Crippen LogP contribution in [-0.4, -0.2) is 43.5 Å². The highest BCUT2D eigenvalue weighted by Gasteiger charge is 2.21. The van der Waals surface area contributed by atoms with Crippen LogP contribution in [0, 0.1) is 0 Å². The monoisotopic (exact) mass is 309 g/mol. The quantitative estimate of drug-likeness (QED) is 0.908. The van der Waals surface area contributed by atoms with E-state index in [-0.39, 0.29) is 18.3 Å². The Hall–Kier alpha value is -1.26. The number of carbonyl (C=O) groups excluding carboxylic acids is 1. The summed E-state index contributed by atoms with van der Waals surface area (Å²) in [6.07, 6.45) is 3.58. The minimum absolute atomic E-state index is 0. The number of hydrogen-bond donors (Lipinski definition) is 1. The molecule has 2 heterocycles. The normalized spacial score (nSPS) is 18.5. The van der Waals surface area contributed by atoms with Gasteiger partial charge < -0.3 is 15.1 Å². The number of piperidine rings is 1. The Labute approximate surface area is 132 Å². The van der Waals surface area contributed by atoms with E-state index in [9.17, 15) is 4.79 Å². The SMILES string of the molecule is Cl.O=C(CN1CCNCc2ccccc21)N1CCCCC1. The molecule has 1 N–H and O–H groups in total. The molecule has 0 radical (unpaired) electrons. The fraction of sp³-hybridized carbons (Fsp3) is 0.562. The van der Waals surface area contributed by atoms with Gasteiger partial charge in [0.25, 0.3) is 0 Å². The number of nitrogens with one attached hydrogen (secondary N) is 1. The number of halogens is 1. The van der Waals surface area contributed by atoms with Crippen molar-refractivity contribution >= 4 is 24.0 Å². The predicted octanol–water partition coefficient (Wildman–Crippen LogP) is 2.03. The number of likely N-dealkylation sites (tertiary alicyclic amines) is 1. The minimum atomic E-state index is 0. The summed E-state index contributed by atoms with van der Waals surface area (Å²) in [6.45, 7) is 5.11. The smallest absolute Gasteiger partial charge is 0.242 e. The summed E-state index contributed by atoms with van der Waals surface area (Å²) >= 11 is 0. The molecule has 0 saturated carbocycles. The maximum Gasteiger partial charge on any atom is 0.242 e. The van der Waals surface area contributed by atoms with Gasteiger partial charge in [0.2, 0.25) is 5.91 Å². The van der Waals surface area contributed by atoms with Crippen molar-refractivity contribution in [3.63, 3.8) is 0 Å². The number of amides is 1. The number of fused-ring (bicyclic) bond motifs is 1. The first kappa shape index (κ1) is 16.1. The number of para-hydroxylation sites is 1. The lowest BCUT2D eigenvalue weighted by Crippen LogP contribution is -2.43. The van der Waals surface area contributed by atoms with E-state index >= 15 is 0 Å². The van der Waals surface area contributed by atoms with Gasteiger partial charge in [-0.2, -0.15) is 0 Å². The highest BCUT2D eigenvalue weighted by atomic mass is 35.5. The van der Waals surface area contributed by atoms with Crippen LogP contribution in [0.4, 0.5) is 5.69 Å². The standard InChI is InChI=1S/C16H23N3O.ClH/c20-16(18-9-4-1-5-10-18)13-19-11-8-17-12-14-6-2-3-7-15(14)19;/h2-3,6-7,17H,1,4-5,8-13H2;1H. The van der Waals surface area contributed by atoms with E-state index < -0.39 is 0 Å². The molecule has 0 spiro atoms. The molecule has 0 aromatic heterocycles. The lowest BCUT2D eigenvalue weighted by Gasteiger charge is -2.31. The van der Waals surface area contributed by atoms with Gasteiger partial charge >= 0.3 is 0 Å². The molecule has 1 amide bonds. The molecule has 116 valence electrons. The van der Waals surface area contributed by atoms with Crippen LogP contribution in [0.5, 0.6) is 0 Å². The third-order valence-electron chi connectivity index (χ3n) is 4.24. The van der Waals surface area contributed by atoms with Gasteiger partial charge in [-0.05, 0) is 30.9 Å².